The van der Waals surface area contributed by atoms with Crippen molar-refractivity contribution in [3.63, 3.8) is 0 Å². The Hall–Kier alpha value is -2.78. The molecule has 0 bridgehead atoms. The van der Waals surface area contributed by atoms with Crippen LogP contribution in [0.15, 0.2) is 72.8 Å². The first-order valence-electron chi connectivity index (χ1n) is 11.5. The van der Waals surface area contributed by atoms with Crippen molar-refractivity contribution < 1.29 is 0 Å². The van der Waals surface area contributed by atoms with Gasteiger partial charge < -0.3 is 0 Å². The Morgan fingerprint density at radius 2 is 1.13 bits per heavy atom. The van der Waals surface area contributed by atoms with Crippen molar-refractivity contribution in [2.24, 2.45) is 5.92 Å². The van der Waals surface area contributed by atoms with E-state index in [0.29, 0.717) is 11.8 Å². The van der Waals surface area contributed by atoms with E-state index in [1.807, 2.05) is 0 Å². The van der Waals surface area contributed by atoms with Crippen molar-refractivity contribution in [2.45, 2.75) is 58.3 Å². The van der Waals surface area contributed by atoms with Crippen LogP contribution in [-0.2, 0) is 12.8 Å². The van der Waals surface area contributed by atoms with Crippen LogP contribution in [-0.4, -0.2) is 0 Å². The quantitative estimate of drug-likeness (QED) is 0.397. The molecule has 1 aliphatic rings. The molecule has 0 aromatic heterocycles. The van der Waals surface area contributed by atoms with Gasteiger partial charge in [-0.2, -0.15) is 0 Å². The molecule has 0 atom stereocenters. The van der Waals surface area contributed by atoms with E-state index in [4.69, 9.17) is 0 Å². The minimum Gasteiger partial charge on any atom is -0.0945 e. The molecular formula is C30H32. The standard InChI is InChI=1S/C30H32/c1-3-23-5-7-25(8-6-23)9-10-26-13-17-28(18-14-26)30-21-19-29(20-22-30)27-15-11-24(4-2)12-16-27/h5-8,11-12,15-16,19-22,26,28H,3-4,13-14,17-18H2,1-2H3. The van der Waals surface area contributed by atoms with Gasteiger partial charge in [0.05, 0.1) is 0 Å². The summed E-state index contributed by atoms with van der Waals surface area (Å²) < 4.78 is 0. The van der Waals surface area contributed by atoms with Crippen LogP contribution in [0.25, 0.3) is 11.1 Å². The molecule has 0 heterocycles. The largest absolute Gasteiger partial charge is 0.0945 e. The Labute approximate surface area is 182 Å². The molecule has 0 unspecified atom stereocenters. The molecular weight excluding hydrogens is 360 g/mol. The van der Waals surface area contributed by atoms with Gasteiger partial charge in [0.25, 0.3) is 0 Å². The van der Waals surface area contributed by atoms with Crippen LogP contribution in [0.1, 0.15) is 67.7 Å². The lowest BCUT2D eigenvalue weighted by Gasteiger charge is -2.26. The van der Waals surface area contributed by atoms with Gasteiger partial charge in [-0.25, -0.2) is 0 Å². The molecule has 0 heteroatoms. The summed E-state index contributed by atoms with van der Waals surface area (Å²) in [5.41, 5.74) is 8.04. The maximum absolute atomic E-state index is 3.54. The van der Waals surface area contributed by atoms with Crippen molar-refractivity contribution >= 4 is 0 Å². The second-order valence-electron chi connectivity index (χ2n) is 8.54. The Kier molecular flexibility index (Phi) is 6.70. The summed E-state index contributed by atoms with van der Waals surface area (Å²) in [6.45, 7) is 4.39. The maximum Gasteiger partial charge on any atom is 0.0245 e. The Bertz CT molecular complexity index is 987. The minimum atomic E-state index is 0.545. The van der Waals surface area contributed by atoms with E-state index >= 15 is 0 Å². The van der Waals surface area contributed by atoms with Crippen molar-refractivity contribution in [1.82, 2.24) is 0 Å². The summed E-state index contributed by atoms with van der Waals surface area (Å²) in [6.07, 6.45) is 7.11. The van der Waals surface area contributed by atoms with Gasteiger partial charge >= 0.3 is 0 Å². The highest BCUT2D eigenvalue weighted by Crippen LogP contribution is 2.36. The lowest BCUT2D eigenvalue weighted by atomic mass is 9.78. The first-order chi connectivity index (χ1) is 14.7. The van der Waals surface area contributed by atoms with E-state index in [-0.39, 0.29) is 0 Å². The van der Waals surface area contributed by atoms with Crippen molar-refractivity contribution in [3.8, 4) is 23.0 Å². The van der Waals surface area contributed by atoms with E-state index in [9.17, 15) is 0 Å². The Balaban J connectivity index is 1.34. The number of rotatable bonds is 4. The van der Waals surface area contributed by atoms with Crippen molar-refractivity contribution in [3.05, 3.63) is 95.1 Å². The van der Waals surface area contributed by atoms with Gasteiger partial charge in [-0.3, -0.25) is 0 Å². The normalized spacial score (nSPS) is 18.5. The highest BCUT2D eigenvalue weighted by Gasteiger charge is 2.21. The number of aryl methyl sites for hydroxylation is 2. The molecule has 0 N–H and O–H groups in total. The van der Waals surface area contributed by atoms with Crippen LogP contribution in [0.2, 0.25) is 0 Å². The minimum absolute atomic E-state index is 0.545. The van der Waals surface area contributed by atoms with Crippen LogP contribution in [0.3, 0.4) is 0 Å². The van der Waals surface area contributed by atoms with E-state index in [1.165, 1.54) is 53.5 Å². The number of hydrogen-bond donors (Lipinski definition) is 0. The zero-order valence-corrected chi connectivity index (χ0v) is 18.3. The van der Waals surface area contributed by atoms with Gasteiger partial charge in [-0.05, 0) is 84.4 Å². The van der Waals surface area contributed by atoms with E-state index in [2.05, 4.69) is 98.5 Å². The summed E-state index contributed by atoms with van der Waals surface area (Å²) in [4.78, 5) is 0. The Morgan fingerprint density at radius 3 is 1.67 bits per heavy atom. The fourth-order valence-electron chi connectivity index (χ4n) is 4.46. The van der Waals surface area contributed by atoms with Gasteiger partial charge in [0.15, 0.2) is 0 Å². The van der Waals surface area contributed by atoms with E-state index in [0.717, 1.165) is 18.4 Å². The van der Waals surface area contributed by atoms with Gasteiger partial charge in [0, 0.05) is 11.5 Å². The second kappa shape index (κ2) is 9.82. The SMILES string of the molecule is CCc1ccc(C#CC2CCC(c3ccc(-c4ccc(CC)cc4)cc3)CC2)cc1. The average molecular weight is 393 g/mol. The summed E-state index contributed by atoms with van der Waals surface area (Å²) in [5.74, 6) is 8.17. The fraction of sp³-hybridized carbons (Fsp3) is 0.333. The zero-order valence-electron chi connectivity index (χ0n) is 18.3. The van der Waals surface area contributed by atoms with Crippen LogP contribution in [0.4, 0.5) is 0 Å². The second-order valence-corrected chi connectivity index (χ2v) is 8.54. The summed E-state index contributed by atoms with van der Waals surface area (Å²) in [5, 5.41) is 0. The zero-order chi connectivity index (χ0) is 20.8. The third kappa shape index (κ3) is 5.03. The third-order valence-corrected chi connectivity index (χ3v) is 6.59. The monoisotopic (exact) mass is 392 g/mol. The van der Waals surface area contributed by atoms with Crippen molar-refractivity contribution in [2.75, 3.05) is 0 Å². The predicted molar refractivity (Wildman–Crippen MR) is 129 cm³/mol. The maximum atomic E-state index is 3.54. The topological polar surface area (TPSA) is 0 Å². The lowest BCUT2D eigenvalue weighted by Crippen LogP contribution is -2.12. The molecule has 1 fully saturated rings. The molecule has 1 aliphatic carbocycles. The first-order valence-corrected chi connectivity index (χ1v) is 11.5. The molecule has 30 heavy (non-hydrogen) atoms. The predicted octanol–water partition coefficient (Wildman–Crippen LogP) is 7.80. The Morgan fingerprint density at radius 1 is 0.633 bits per heavy atom. The molecule has 1 saturated carbocycles. The van der Waals surface area contributed by atoms with Gasteiger partial charge in [0.1, 0.15) is 0 Å². The molecule has 4 rings (SSSR count). The molecule has 0 spiro atoms. The summed E-state index contributed by atoms with van der Waals surface area (Å²) >= 11 is 0. The summed E-state index contributed by atoms with van der Waals surface area (Å²) in [7, 11) is 0. The molecule has 3 aromatic carbocycles. The van der Waals surface area contributed by atoms with Gasteiger partial charge in [-0.15, -0.1) is 0 Å². The average Bonchev–Trinajstić information content (AvgIpc) is 2.83. The van der Waals surface area contributed by atoms with Crippen LogP contribution in [0, 0.1) is 17.8 Å². The smallest absolute Gasteiger partial charge is 0.0245 e. The highest BCUT2D eigenvalue weighted by atomic mass is 14.2. The van der Waals surface area contributed by atoms with Crippen LogP contribution >= 0.6 is 0 Å². The summed E-state index contributed by atoms with van der Waals surface area (Å²) in [6, 6.07) is 27.0. The molecule has 0 aliphatic heterocycles. The number of hydrogen-bond acceptors (Lipinski definition) is 0. The van der Waals surface area contributed by atoms with E-state index in [1.54, 1.807) is 0 Å². The van der Waals surface area contributed by atoms with Crippen LogP contribution < -0.4 is 0 Å². The van der Waals surface area contributed by atoms with E-state index < -0.39 is 0 Å². The molecule has 152 valence electrons. The molecule has 0 nitrogen and oxygen atoms in total. The highest BCUT2D eigenvalue weighted by molar-refractivity contribution is 5.64. The fourth-order valence-corrected chi connectivity index (χ4v) is 4.46. The molecule has 0 amide bonds. The number of benzene rings is 3. The molecule has 0 radical (unpaired) electrons. The lowest BCUT2D eigenvalue weighted by molar-refractivity contribution is 0.385. The molecule has 3 aromatic rings. The van der Waals surface area contributed by atoms with Gasteiger partial charge in [-0.1, -0.05) is 86.4 Å². The molecule has 0 saturated heterocycles. The van der Waals surface area contributed by atoms with Gasteiger partial charge in [0.2, 0.25) is 0 Å². The first kappa shape index (κ1) is 20.5. The van der Waals surface area contributed by atoms with Crippen molar-refractivity contribution in [1.29, 1.82) is 0 Å². The third-order valence-electron chi connectivity index (χ3n) is 6.59. The van der Waals surface area contributed by atoms with Crippen LogP contribution in [0.5, 0.6) is 0 Å².